The zero-order chi connectivity index (χ0) is 22.5. The van der Waals surface area contributed by atoms with Crippen LogP contribution >= 0.6 is 0 Å². The first kappa shape index (κ1) is 22.1. The predicted molar refractivity (Wildman–Crippen MR) is 123 cm³/mol. The second-order valence-corrected chi connectivity index (χ2v) is 7.72. The molecule has 0 unspecified atom stereocenters. The highest BCUT2D eigenvalue weighted by molar-refractivity contribution is 5.96. The summed E-state index contributed by atoms with van der Waals surface area (Å²) in [6.07, 6.45) is 3.57. The van der Waals surface area contributed by atoms with Crippen molar-refractivity contribution in [2.75, 3.05) is 57.2 Å². The number of anilines is 2. The van der Waals surface area contributed by atoms with Gasteiger partial charge in [0.25, 0.3) is 5.69 Å². The van der Waals surface area contributed by atoms with E-state index in [0.717, 1.165) is 13.1 Å². The van der Waals surface area contributed by atoms with Gasteiger partial charge in [-0.1, -0.05) is 18.2 Å². The van der Waals surface area contributed by atoms with Crippen LogP contribution < -0.4 is 9.80 Å². The van der Waals surface area contributed by atoms with E-state index in [2.05, 4.69) is 24.0 Å². The lowest BCUT2D eigenvalue weighted by Gasteiger charge is -2.37. The highest BCUT2D eigenvalue weighted by Gasteiger charge is 2.27. The van der Waals surface area contributed by atoms with Gasteiger partial charge in [0, 0.05) is 52.0 Å². The number of esters is 1. The van der Waals surface area contributed by atoms with Crippen molar-refractivity contribution in [3.8, 4) is 0 Å². The number of benzene rings is 2. The summed E-state index contributed by atoms with van der Waals surface area (Å²) in [6.45, 7) is 4.88. The number of para-hydroxylation sites is 1. The zero-order valence-corrected chi connectivity index (χ0v) is 18.4. The first-order valence-corrected chi connectivity index (χ1v) is 10.1. The van der Waals surface area contributed by atoms with Gasteiger partial charge in [-0.25, -0.2) is 4.79 Å². The number of ether oxygens (including phenoxy) is 1. The molecule has 0 atom stereocenters. The molecule has 8 heteroatoms. The number of hydrogen-bond donors (Lipinski definition) is 0. The zero-order valence-electron chi connectivity index (χ0n) is 18.4. The molecule has 0 radical (unpaired) electrons. The Bertz CT molecular complexity index is 995. The molecule has 0 aliphatic carbocycles. The summed E-state index contributed by atoms with van der Waals surface area (Å²) in [5.74, 6) is -0.600. The van der Waals surface area contributed by atoms with E-state index in [1.807, 2.05) is 36.0 Å². The third kappa shape index (κ3) is 4.96. The molecular weight excluding hydrogens is 396 g/mol. The van der Waals surface area contributed by atoms with E-state index < -0.39 is 10.9 Å². The Hall–Kier alpha value is -3.55. The predicted octanol–water partition coefficient (Wildman–Crippen LogP) is 3.55. The number of nitrogens with zero attached hydrogens (tertiary/aromatic N) is 4. The van der Waals surface area contributed by atoms with Crippen molar-refractivity contribution in [2.24, 2.45) is 0 Å². The molecule has 1 saturated heterocycles. The summed E-state index contributed by atoms with van der Waals surface area (Å²) in [4.78, 5) is 29.8. The van der Waals surface area contributed by atoms with Crippen LogP contribution in [0.4, 0.5) is 17.1 Å². The molecule has 164 valence electrons. The molecule has 0 N–H and O–H groups in total. The monoisotopic (exact) mass is 424 g/mol. The van der Waals surface area contributed by atoms with Crippen molar-refractivity contribution in [1.29, 1.82) is 0 Å². The van der Waals surface area contributed by atoms with E-state index in [9.17, 15) is 14.9 Å². The minimum Gasteiger partial charge on any atom is -0.465 e. The van der Waals surface area contributed by atoms with E-state index in [4.69, 9.17) is 4.74 Å². The highest BCUT2D eigenvalue weighted by Crippen LogP contribution is 2.34. The minimum absolute atomic E-state index is 0.0910. The number of carbonyl (C=O) groups is 1. The number of nitro benzene ring substituents is 1. The summed E-state index contributed by atoms with van der Waals surface area (Å²) >= 11 is 0. The first-order valence-electron chi connectivity index (χ1n) is 10.1. The number of methoxy groups -OCH3 is 1. The highest BCUT2D eigenvalue weighted by atomic mass is 16.6. The van der Waals surface area contributed by atoms with Crippen molar-refractivity contribution in [3.05, 3.63) is 69.4 Å². The van der Waals surface area contributed by atoms with E-state index >= 15 is 0 Å². The van der Waals surface area contributed by atoms with Gasteiger partial charge in [-0.3, -0.25) is 10.1 Å². The Morgan fingerprint density at radius 1 is 1.10 bits per heavy atom. The van der Waals surface area contributed by atoms with Gasteiger partial charge in [-0.15, -0.1) is 0 Å². The molecule has 1 heterocycles. The van der Waals surface area contributed by atoms with Gasteiger partial charge in [-0.2, -0.15) is 0 Å². The average molecular weight is 425 g/mol. The van der Waals surface area contributed by atoms with Gasteiger partial charge in [0.1, 0.15) is 5.69 Å². The Kier molecular flexibility index (Phi) is 6.79. The molecule has 2 aromatic carbocycles. The first-order chi connectivity index (χ1) is 14.8. The molecule has 0 amide bonds. The molecule has 1 aliphatic rings. The Balaban J connectivity index is 1.94. The van der Waals surface area contributed by atoms with Crippen LogP contribution in [0.2, 0.25) is 0 Å². The lowest BCUT2D eigenvalue weighted by Crippen LogP contribution is -2.47. The molecule has 2 aromatic rings. The number of carbonyl (C=O) groups excluding carboxylic acids is 1. The van der Waals surface area contributed by atoms with Gasteiger partial charge in [0.2, 0.25) is 0 Å². The molecule has 0 saturated carbocycles. The van der Waals surface area contributed by atoms with Gasteiger partial charge in [0.05, 0.1) is 17.6 Å². The van der Waals surface area contributed by atoms with E-state index in [0.29, 0.717) is 24.3 Å². The molecule has 1 fully saturated rings. The number of rotatable bonds is 6. The fourth-order valence-corrected chi connectivity index (χ4v) is 3.75. The molecule has 0 spiro atoms. The fraction of sp³-hybridized carbons (Fsp3) is 0.348. The van der Waals surface area contributed by atoms with Gasteiger partial charge in [-0.05, 0) is 42.5 Å². The molecule has 3 rings (SSSR count). The lowest BCUT2D eigenvalue weighted by molar-refractivity contribution is -0.384. The van der Waals surface area contributed by atoms with E-state index in [1.165, 1.54) is 24.4 Å². The fourth-order valence-electron chi connectivity index (χ4n) is 3.75. The molecule has 0 aromatic heterocycles. The van der Waals surface area contributed by atoms with Crippen molar-refractivity contribution >= 4 is 29.1 Å². The molecule has 1 aliphatic heterocycles. The van der Waals surface area contributed by atoms with Gasteiger partial charge >= 0.3 is 5.97 Å². The van der Waals surface area contributed by atoms with Crippen molar-refractivity contribution < 1.29 is 14.5 Å². The minimum atomic E-state index is -0.600. The van der Waals surface area contributed by atoms with Crippen molar-refractivity contribution in [1.82, 2.24) is 4.90 Å². The van der Waals surface area contributed by atoms with Crippen LogP contribution in [0.1, 0.15) is 21.5 Å². The summed E-state index contributed by atoms with van der Waals surface area (Å²) < 4.78 is 4.85. The van der Waals surface area contributed by atoms with Crippen molar-refractivity contribution in [2.45, 2.75) is 6.92 Å². The Morgan fingerprint density at radius 3 is 2.26 bits per heavy atom. The van der Waals surface area contributed by atoms with Crippen LogP contribution in [-0.2, 0) is 4.74 Å². The third-order valence-electron chi connectivity index (χ3n) is 5.38. The number of aryl methyl sites for hydroxylation is 1. The van der Waals surface area contributed by atoms with Crippen LogP contribution in [-0.4, -0.2) is 63.2 Å². The van der Waals surface area contributed by atoms with Crippen LogP contribution in [0.5, 0.6) is 0 Å². The summed E-state index contributed by atoms with van der Waals surface area (Å²) in [5.41, 5.74) is 3.58. The number of hydrogen-bond acceptors (Lipinski definition) is 7. The normalized spacial score (nSPS) is 14.1. The number of nitro groups is 1. The van der Waals surface area contributed by atoms with E-state index in [-0.39, 0.29) is 11.3 Å². The largest absolute Gasteiger partial charge is 0.465 e. The maximum atomic E-state index is 12.3. The quantitative estimate of drug-likeness (QED) is 0.399. The second kappa shape index (κ2) is 9.51. The number of piperazine rings is 1. The van der Waals surface area contributed by atoms with Crippen molar-refractivity contribution in [3.63, 3.8) is 0 Å². The summed E-state index contributed by atoms with van der Waals surface area (Å²) in [7, 11) is 5.00. The van der Waals surface area contributed by atoms with Gasteiger partial charge in [0.15, 0.2) is 0 Å². The van der Waals surface area contributed by atoms with E-state index in [1.54, 1.807) is 18.3 Å². The van der Waals surface area contributed by atoms with Crippen LogP contribution in [0.25, 0.3) is 6.08 Å². The summed E-state index contributed by atoms with van der Waals surface area (Å²) in [5, 5.41) is 11.8. The Morgan fingerprint density at radius 2 is 1.71 bits per heavy atom. The third-order valence-corrected chi connectivity index (χ3v) is 5.38. The SMILES string of the molecule is COC(=O)c1cc([N+](=O)[O-])c(N2CCN(c3ccccc3C)CC2)cc1/C=C/N(C)C. The maximum Gasteiger partial charge on any atom is 0.338 e. The standard InChI is InChI=1S/C23H28N4O4/c1-17-7-5-6-8-20(17)25-11-13-26(14-12-25)21-15-18(9-10-24(2)3)19(23(28)31-4)16-22(21)27(29)30/h5-10,15-16H,11-14H2,1-4H3/b10-9+. The Labute approximate surface area is 182 Å². The van der Waals surface area contributed by atoms with Crippen LogP contribution in [0.15, 0.2) is 42.6 Å². The topological polar surface area (TPSA) is 79.2 Å². The molecule has 8 nitrogen and oxygen atoms in total. The smallest absolute Gasteiger partial charge is 0.338 e. The van der Waals surface area contributed by atoms with Crippen LogP contribution in [0.3, 0.4) is 0 Å². The molecule has 31 heavy (non-hydrogen) atoms. The summed E-state index contributed by atoms with van der Waals surface area (Å²) in [6, 6.07) is 11.3. The molecule has 0 bridgehead atoms. The van der Waals surface area contributed by atoms with Crippen LogP contribution in [0, 0.1) is 17.0 Å². The second-order valence-electron chi connectivity index (χ2n) is 7.72. The molecular formula is C23H28N4O4. The average Bonchev–Trinajstić information content (AvgIpc) is 2.77. The van der Waals surface area contributed by atoms with Gasteiger partial charge < -0.3 is 19.4 Å². The lowest BCUT2D eigenvalue weighted by atomic mass is 10.0. The maximum absolute atomic E-state index is 12.3.